The molecule has 1 aromatic heterocycles. The van der Waals surface area contributed by atoms with Crippen LogP contribution in [0.5, 0.6) is 11.5 Å². The van der Waals surface area contributed by atoms with Crippen molar-refractivity contribution in [3.8, 4) is 23.0 Å². The number of phenolic OH excluding ortho intramolecular Hbond substituents is 1. The maximum Gasteiger partial charge on any atom is 0.257 e. The number of phenols is 1. The summed E-state index contributed by atoms with van der Waals surface area (Å²) in [7, 11) is 1.55. The molecule has 0 fully saturated rings. The number of halogens is 1. The predicted molar refractivity (Wildman–Crippen MR) is 135 cm³/mol. The number of hydrogen-bond donors (Lipinski definition) is 3. The van der Waals surface area contributed by atoms with E-state index in [0.29, 0.717) is 38.1 Å². The van der Waals surface area contributed by atoms with Crippen molar-refractivity contribution in [2.75, 3.05) is 12.4 Å². The summed E-state index contributed by atoms with van der Waals surface area (Å²) in [4.78, 5) is 17.1. The summed E-state index contributed by atoms with van der Waals surface area (Å²) in [6, 6.07) is 13.7. The van der Waals surface area contributed by atoms with E-state index < -0.39 is 0 Å². The standard InChI is InChI=1S/C24H20BrN3O4S/c1-12-8-13(2)21-18(9-12)27-23(32-21)16-11-15(5-6-19(16)29)26-24(33)28-22(30)14-4-7-20(31-3)17(25)10-14/h4-11,29H,1-3H3,(H2,26,28,30,33). The van der Waals surface area contributed by atoms with Crippen LogP contribution in [0, 0.1) is 13.8 Å². The van der Waals surface area contributed by atoms with E-state index in [1.54, 1.807) is 37.4 Å². The van der Waals surface area contributed by atoms with Crippen LogP contribution in [0.25, 0.3) is 22.6 Å². The number of benzene rings is 3. The molecule has 0 saturated carbocycles. The van der Waals surface area contributed by atoms with E-state index in [-0.39, 0.29) is 22.7 Å². The number of methoxy groups -OCH3 is 1. The van der Waals surface area contributed by atoms with E-state index in [1.165, 1.54) is 6.07 Å². The van der Waals surface area contributed by atoms with Crippen molar-refractivity contribution in [3.05, 3.63) is 69.7 Å². The molecule has 0 aliphatic heterocycles. The smallest absolute Gasteiger partial charge is 0.257 e. The maximum atomic E-state index is 12.5. The molecule has 0 unspecified atom stereocenters. The average Bonchev–Trinajstić information content (AvgIpc) is 3.19. The third-order valence-corrected chi connectivity index (χ3v) is 5.77. The van der Waals surface area contributed by atoms with Gasteiger partial charge in [-0.3, -0.25) is 10.1 Å². The van der Waals surface area contributed by atoms with E-state index >= 15 is 0 Å². The monoisotopic (exact) mass is 525 g/mol. The maximum absolute atomic E-state index is 12.5. The van der Waals surface area contributed by atoms with Crippen molar-refractivity contribution in [1.82, 2.24) is 10.3 Å². The molecule has 0 bridgehead atoms. The minimum atomic E-state index is -0.375. The summed E-state index contributed by atoms with van der Waals surface area (Å²) in [6.07, 6.45) is 0. The van der Waals surface area contributed by atoms with Crippen molar-refractivity contribution in [3.63, 3.8) is 0 Å². The van der Waals surface area contributed by atoms with Crippen molar-refractivity contribution in [2.45, 2.75) is 13.8 Å². The minimum absolute atomic E-state index is 0.0134. The second kappa shape index (κ2) is 9.21. The number of carbonyl (C=O) groups excluding carboxylic acids is 1. The summed E-state index contributed by atoms with van der Waals surface area (Å²) >= 11 is 8.65. The Hall–Kier alpha value is -3.43. The molecule has 3 N–H and O–H groups in total. The van der Waals surface area contributed by atoms with Crippen LogP contribution < -0.4 is 15.4 Å². The Balaban J connectivity index is 1.53. The molecule has 0 radical (unpaired) electrons. The quantitative estimate of drug-likeness (QED) is 0.231. The number of aromatic nitrogens is 1. The number of rotatable bonds is 4. The van der Waals surface area contributed by atoms with Gasteiger partial charge in [0.15, 0.2) is 10.7 Å². The highest BCUT2D eigenvalue weighted by atomic mass is 79.9. The molecule has 4 aromatic rings. The molecule has 0 atom stereocenters. The zero-order valence-electron chi connectivity index (χ0n) is 18.0. The van der Waals surface area contributed by atoms with E-state index in [9.17, 15) is 9.90 Å². The van der Waals surface area contributed by atoms with Crippen molar-refractivity contribution in [2.24, 2.45) is 0 Å². The van der Waals surface area contributed by atoms with Gasteiger partial charge < -0.3 is 19.6 Å². The summed E-state index contributed by atoms with van der Waals surface area (Å²) in [5, 5.41) is 16.1. The third kappa shape index (κ3) is 4.84. The van der Waals surface area contributed by atoms with Crippen LogP contribution in [0.4, 0.5) is 5.69 Å². The molecule has 168 valence electrons. The molecular weight excluding hydrogens is 506 g/mol. The van der Waals surface area contributed by atoms with Gasteiger partial charge in [0, 0.05) is 11.3 Å². The van der Waals surface area contributed by atoms with Gasteiger partial charge in [0.1, 0.15) is 17.0 Å². The lowest BCUT2D eigenvalue weighted by Crippen LogP contribution is -2.34. The normalized spacial score (nSPS) is 10.8. The van der Waals surface area contributed by atoms with Gasteiger partial charge in [0.05, 0.1) is 17.1 Å². The lowest BCUT2D eigenvalue weighted by atomic mass is 10.1. The predicted octanol–water partition coefficient (Wildman–Crippen LogP) is 5.72. The lowest BCUT2D eigenvalue weighted by molar-refractivity contribution is 0.0977. The molecule has 0 aliphatic rings. The fourth-order valence-corrected chi connectivity index (χ4v) is 4.17. The molecule has 0 spiro atoms. The zero-order chi connectivity index (χ0) is 23.7. The van der Waals surface area contributed by atoms with Crippen molar-refractivity contribution >= 4 is 56.0 Å². The number of aryl methyl sites for hydroxylation is 2. The number of nitrogens with one attached hydrogen (secondary N) is 2. The highest BCUT2D eigenvalue weighted by Crippen LogP contribution is 2.34. The Kier molecular flexibility index (Phi) is 6.35. The topological polar surface area (TPSA) is 96.6 Å². The molecule has 9 heteroatoms. The van der Waals surface area contributed by atoms with Crippen LogP contribution in [-0.4, -0.2) is 28.2 Å². The molecule has 4 rings (SSSR count). The first-order chi connectivity index (χ1) is 15.7. The highest BCUT2D eigenvalue weighted by molar-refractivity contribution is 9.10. The first-order valence-corrected chi connectivity index (χ1v) is 11.1. The number of ether oxygens (including phenoxy) is 1. The van der Waals surface area contributed by atoms with Crippen molar-refractivity contribution in [1.29, 1.82) is 0 Å². The van der Waals surface area contributed by atoms with E-state index in [4.69, 9.17) is 21.4 Å². The number of anilines is 1. The van der Waals surface area contributed by atoms with Gasteiger partial charge in [-0.15, -0.1) is 0 Å². The largest absolute Gasteiger partial charge is 0.507 e. The van der Waals surface area contributed by atoms with Gasteiger partial charge >= 0.3 is 0 Å². The third-order valence-electron chi connectivity index (χ3n) is 4.95. The summed E-state index contributed by atoms with van der Waals surface area (Å²) in [5.74, 6) is 0.547. The first-order valence-electron chi connectivity index (χ1n) is 9.92. The number of oxazole rings is 1. The van der Waals surface area contributed by atoms with Crippen molar-refractivity contribution < 1.29 is 19.1 Å². The molecule has 0 aliphatic carbocycles. The second-order valence-corrected chi connectivity index (χ2v) is 8.70. The Bertz CT molecular complexity index is 1400. The Morgan fingerprint density at radius 3 is 2.67 bits per heavy atom. The van der Waals surface area contributed by atoms with Crippen LogP contribution in [0.3, 0.4) is 0 Å². The minimum Gasteiger partial charge on any atom is -0.507 e. The number of amides is 1. The number of carbonyl (C=O) groups is 1. The van der Waals surface area contributed by atoms with E-state index in [2.05, 4.69) is 31.5 Å². The van der Waals surface area contributed by atoms with Gasteiger partial charge in [-0.2, -0.15) is 0 Å². The lowest BCUT2D eigenvalue weighted by Gasteiger charge is -2.11. The van der Waals surface area contributed by atoms with Crippen LogP contribution in [0.1, 0.15) is 21.5 Å². The Labute approximate surface area is 203 Å². The Morgan fingerprint density at radius 1 is 1.15 bits per heavy atom. The first kappa shape index (κ1) is 22.8. The number of aromatic hydroxyl groups is 1. The van der Waals surface area contributed by atoms with Gasteiger partial charge in [0.2, 0.25) is 5.89 Å². The highest BCUT2D eigenvalue weighted by Gasteiger charge is 2.16. The summed E-state index contributed by atoms with van der Waals surface area (Å²) in [5.41, 5.74) is 4.79. The molecule has 0 saturated heterocycles. The van der Waals surface area contributed by atoms with Gasteiger partial charge in [-0.05, 0) is 95.6 Å². The molecule has 33 heavy (non-hydrogen) atoms. The fraction of sp³-hybridized carbons (Fsp3) is 0.125. The molecule has 1 amide bonds. The average molecular weight is 526 g/mol. The molecule has 1 heterocycles. The fourth-order valence-electron chi connectivity index (χ4n) is 3.42. The van der Waals surface area contributed by atoms with Gasteiger partial charge in [-0.1, -0.05) is 6.07 Å². The molecular formula is C24H20BrN3O4S. The van der Waals surface area contributed by atoms with Crippen LogP contribution in [0.15, 0.2) is 57.4 Å². The Morgan fingerprint density at radius 2 is 1.94 bits per heavy atom. The number of hydrogen-bond acceptors (Lipinski definition) is 6. The zero-order valence-corrected chi connectivity index (χ0v) is 20.4. The number of thiocarbonyl (C=S) groups is 1. The van der Waals surface area contributed by atoms with Gasteiger partial charge in [-0.25, -0.2) is 4.98 Å². The number of fused-ring (bicyclic) bond motifs is 1. The van der Waals surface area contributed by atoms with Crippen LogP contribution >= 0.6 is 28.1 Å². The molecule has 3 aromatic carbocycles. The molecule has 7 nitrogen and oxygen atoms in total. The summed E-state index contributed by atoms with van der Waals surface area (Å²) < 4.78 is 11.8. The van der Waals surface area contributed by atoms with Gasteiger partial charge in [0.25, 0.3) is 5.91 Å². The second-order valence-electron chi connectivity index (χ2n) is 7.44. The number of nitrogens with zero attached hydrogens (tertiary/aromatic N) is 1. The van der Waals surface area contributed by atoms with Crippen LogP contribution in [-0.2, 0) is 0 Å². The van der Waals surface area contributed by atoms with Crippen LogP contribution in [0.2, 0.25) is 0 Å². The van der Waals surface area contributed by atoms with E-state index in [0.717, 1.165) is 11.1 Å². The van der Waals surface area contributed by atoms with E-state index in [1.807, 2.05) is 26.0 Å². The SMILES string of the molecule is COc1ccc(C(=O)NC(=S)Nc2ccc(O)c(-c3nc4cc(C)cc(C)c4o3)c2)cc1Br. The summed E-state index contributed by atoms with van der Waals surface area (Å²) in [6.45, 7) is 3.94.